The molecule has 0 fully saturated rings. The molecule has 0 aliphatic rings. The molecular weight excluding hydrogens is 87.0 g/mol. The third-order valence-corrected chi connectivity index (χ3v) is 0.183. The molecule has 6 heavy (non-hydrogen) atoms. The van der Waals surface area contributed by atoms with Crippen LogP contribution in [0.1, 0.15) is 0 Å². The predicted molar refractivity (Wildman–Crippen MR) is 15.3 cm³/mol. The first-order valence-corrected chi connectivity index (χ1v) is 1.11. The van der Waals surface area contributed by atoms with Gasteiger partial charge in [0.15, 0.2) is 0 Å². The maximum Gasteiger partial charge on any atom is 0.414 e. The fraction of sp³-hybridized carbons (Fsp3) is 0. The summed E-state index contributed by atoms with van der Waals surface area (Å²) in [4.78, 5) is 18.2. The lowest BCUT2D eigenvalue weighted by atomic mass is 10.1. The van der Waals surface area contributed by atoms with Gasteiger partial charge < -0.3 is 10.2 Å². The molecule has 0 aliphatic carbocycles. The summed E-state index contributed by atoms with van der Waals surface area (Å²) in [7, 11) is 0. The normalized spacial score (nSPS) is 7.33. The van der Waals surface area contributed by atoms with E-state index in [9.17, 15) is 0 Å². The molecule has 0 rings (SSSR count). The molecule has 34 valence electrons. The zero-order valence-electron chi connectivity index (χ0n) is 2.71. The Hall–Kier alpha value is -1.06. The minimum atomic E-state index is -1.82. The van der Waals surface area contributed by atoms with E-state index < -0.39 is 11.9 Å². The van der Waals surface area contributed by atoms with Gasteiger partial charge in [0.05, 0.1) is 0 Å². The van der Waals surface area contributed by atoms with Crippen LogP contribution < -0.4 is 0 Å². The summed E-state index contributed by atoms with van der Waals surface area (Å²) in [6.07, 6.45) is 0. The Bertz CT molecular complexity index is 71.5. The summed E-state index contributed by atoms with van der Waals surface area (Å²) in [5.41, 5.74) is 0. The third-order valence-electron chi connectivity index (χ3n) is 0.183. The lowest BCUT2D eigenvalue weighted by molar-refractivity contribution is -0.159. The molecule has 0 aromatic rings. The Kier molecular flexibility index (Phi) is 1.15. The Balaban J connectivity index is 3.57. The fourth-order valence-corrected chi connectivity index (χ4v) is 0. The highest BCUT2D eigenvalue weighted by atomic mass is 16.4. The van der Waals surface area contributed by atoms with Crippen LogP contribution >= 0.6 is 0 Å². The van der Waals surface area contributed by atoms with Gasteiger partial charge in [0.25, 0.3) is 0 Å². The second-order valence-corrected chi connectivity index (χ2v) is 0.610. The van der Waals surface area contributed by atoms with Crippen LogP contribution in [-0.2, 0) is 9.59 Å². The van der Waals surface area contributed by atoms with E-state index in [1.165, 1.54) is 0 Å². The quantitative estimate of drug-likeness (QED) is 0.379. The molecule has 0 spiro atoms. The molecule has 4 heteroatoms. The number of aliphatic carboxylic acids is 2. The van der Waals surface area contributed by atoms with E-state index in [0.717, 1.165) is 0 Å². The molecule has 2 N–H and O–H groups in total. The van der Waals surface area contributed by atoms with Crippen LogP contribution in [0.25, 0.3) is 0 Å². The molecular formula is C2H2O4. The van der Waals surface area contributed by atoms with Crippen molar-refractivity contribution < 1.29 is 19.8 Å². The Morgan fingerprint density at radius 1 is 1.00 bits per heavy atom. The Labute approximate surface area is 33.0 Å². The molecule has 0 heterocycles. The number of carbonyl (C=O) groups is 2. The molecule has 0 aliphatic heterocycles. The SMILES string of the molecule is O=C(O)[11C](=O)O. The number of carboxylic acids is 2. The lowest BCUT2D eigenvalue weighted by Crippen LogP contribution is -2.09. The van der Waals surface area contributed by atoms with Crippen LogP contribution in [-0.4, -0.2) is 22.2 Å². The van der Waals surface area contributed by atoms with Crippen molar-refractivity contribution in [3.8, 4) is 0 Å². The van der Waals surface area contributed by atoms with Crippen LogP contribution in [0.15, 0.2) is 0 Å². The summed E-state index contributed by atoms with van der Waals surface area (Å²) in [5.74, 6) is -3.65. The molecule has 0 bridgehead atoms. The fourth-order valence-electron chi connectivity index (χ4n) is 0. The average molecular weight is 89.0 g/mol. The van der Waals surface area contributed by atoms with Gasteiger partial charge in [-0.1, -0.05) is 0 Å². The number of hydrogen-bond donors (Lipinski definition) is 2. The summed E-state index contributed by atoms with van der Waals surface area (Å²) in [6.45, 7) is 0. The molecule has 0 saturated heterocycles. The van der Waals surface area contributed by atoms with Crippen molar-refractivity contribution in [2.75, 3.05) is 0 Å². The van der Waals surface area contributed by atoms with Gasteiger partial charge in [0.2, 0.25) is 0 Å². The largest absolute Gasteiger partial charge is 0.473 e. The van der Waals surface area contributed by atoms with Crippen molar-refractivity contribution in [1.82, 2.24) is 0 Å². The van der Waals surface area contributed by atoms with Gasteiger partial charge in [-0.2, -0.15) is 0 Å². The molecule has 0 saturated carbocycles. The van der Waals surface area contributed by atoms with E-state index >= 15 is 0 Å². The minimum Gasteiger partial charge on any atom is -0.473 e. The van der Waals surface area contributed by atoms with Crippen LogP contribution in [0.5, 0.6) is 0 Å². The third kappa shape index (κ3) is 1.28. The van der Waals surface area contributed by atoms with Crippen molar-refractivity contribution in [3.05, 3.63) is 0 Å². The average Bonchev–Trinajstić information content (AvgIpc) is 1.36. The topological polar surface area (TPSA) is 74.6 Å². The van der Waals surface area contributed by atoms with Gasteiger partial charge in [0, 0.05) is 0 Å². The van der Waals surface area contributed by atoms with Gasteiger partial charge in [-0.05, 0) is 0 Å². The van der Waals surface area contributed by atoms with Crippen molar-refractivity contribution in [1.29, 1.82) is 0 Å². The van der Waals surface area contributed by atoms with Crippen LogP contribution in [0, 0.1) is 0 Å². The van der Waals surface area contributed by atoms with E-state index in [1.807, 2.05) is 0 Å². The first-order chi connectivity index (χ1) is 2.64. The Morgan fingerprint density at radius 3 is 1.17 bits per heavy atom. The van der Waals surface area contributed by atoms with E-state index in [2.05, 4.69) is 0 Å². The van der Waals surface area contributed by atoms with Crippen LogP contribution in [0.2, 0.25) is 0 Å². The standard InChI is InChI=1S/C2H2O4/c3-1(4)2(5)6/h(H,3,4)(H,5,6)/i1-1. The Morgan fingerprint density at radius 2 is 1.17 bits per heavy atom. The van der Waals surface area contributed by atoms with Gasteiger partial charge in [-0.15, -0.1) is 0 Å². The number of hydrogen-bond acceptors (Lipinski definition) is 2. The van der Waals surface area contributed by atoms with Gasteiger partial charge in [-0.25, -0.2) is 9.59 Å². The number of rotatable bonds is 0. The van der Waals surface area contributed by atoms with Crippen LogP contribution in [0.3, 0.4) is 0 Å². The van der Waals surface area contributed by atoms with Crippen molar-refractivity contribution in [2.24, 2.45) is 0 Å². The molecule has 0 unspecified atom stereocenters. The highest BCUT2D eigenvalue weighted by molar-refractivity contribution is 6.27. The maximum atomic E-state index is 9.10. The van der Waals surface area contributed by atoms with Crippen molar-refractivity contribution in [3.63, 3.8) is 0 Å². The van der Waals surface area contributed by atoms with E-state index in [-0.39, 0.29) is 0 Å². The first-order valence-electron chi connectivity index (χ1n) is 1.11. The zero-order valence-corrected chi connectivity index (χ0v) is 2.71. The molecule has 0 amide bonds. The second-order valence-electron chi connectivity index (χ2n) is 0.610. The zero-order chi connectivity index (χ0) is 5.15. The monoisotopic (exact) mass is 89.0 g/mol. The smallest absolute Gasteiger partial charge is 0.414 e. The second kappa shape index (κ2) is 1.40. The molecule has 0 radical (unpaired) electrons. The van der Waals surface area contributed by atoms with E-state index in [0.29, 0.717) is 0 Å². The van der Waals surface area contributed by atoms with E-state index in [4.69, 9.17) is 19.8 Å². The van der Waals surface area contributed by atoms with Crippen LogP contribution in [0.4, 0.5) is 0 Å². The molecule has 4 nitrogen and oxygen atoms in total. The highest BCUT2D eigenvalue weighted by Gasteiger charge is 2.04. The van der Waals surface area contributed by atoms with Gasteiger partial charge >= 0.3 is 11.9 Å². The summed E-state index contributed by atoms with van der Waals surface area (Å²) in [6, 6.07) is 0. The van der Waals surface area contributed by atoms with E-state index in [1.54, 1.807) is 0 Å². The minimum absolute atomic E-state index is 1.82. The highest BCUT2D eigenvalue weighted by Crippen LogP contribution is 1.56. The predicted octanol–water partition coefficient (Wildman–Crippen LogP) is -0.844. The molecule has 0 aromatic heterocycles. The summed E-state index contributed by atoms with van der Waals surface area (Å²) >= 11 is 0. The van der Waals surface area contributed by atoms with Gasteiger partial charge in [0.1, 0.15) is 0 Å². The summed E-state index contributed by atoms with van der Waals surface area (Å²) < 4.78 is 0. The van der Waals surface area contributed by atoms with Crippen molar-refractivity contribution in [2.45, 2.75) is 0 Å². The summed E-state index contributed by atoms with van der Waals surface area (Å²) in [5, 5.41) is 14.8. The number of carboxylic acid groups (broad SMARTS) is 2. The van der Waals surface area contributed by atoms with Crippen molar-refractivity contribution >= 4 is 11.9 Å². The lowest BCUT2D eigenvalue weighted by Gasteiger charge is -1.72. The first kappa shape index (κ1) is 4.94. The maximum absolute atomic E-state index is 9.10. The van der Waals surface area contributed by atoms with Gasteiger partial charge in [-0.3, -0.25) is 0 Å². The molecule has 0 atom stereocenters. The molecule has 0 aromatic carbocycles.